The van der Waals surface area contributed by atoms with E-state index in [1.165, 1.54) is 6.07 Å². The van der Waals surface area contributed by atoms with Crippen LogP contribution in [0.5, 0.6) is 0 Å². The summed E-state index contributed by atoms with van der Waals surface area (Å²) in [4.78, 5) is 17.6. The average Bonchev–Trinajstić information content (AvgIpc) is 2.52. The first-order valence-corrected chi connectivity index (χ1v) is 7.72. The van der Waals surface area contributed by atoms with Crippen molar-refractivity contribution in [1.82, 2.24) is 9.55 Å². The zero-order valence-electron chi connectivity index (χ0n) is 13.8. The van der Waals surface area contributed by atoms with Crippen molar-refractivity contribution in [3.63, 3.8) is 0 Å². The highest BCUT2D eigenvalue weighted by Gasteiger charge is 2.15. The second kappa shape index (κ2) is 5.61. The fraction of sp³-hybridized carbons (Fsp3) is 0.263. The van der Waals surface area contributed by atoms with Crippen molar-refractivity contribution in [3.05, 3.63) is 69.0 Å². The van der Waals surface area contributed by atoms with Crippen molar-refractivity contribution in [2.45, 2.75) is 34.1 Å². The number of fused-ring (bicyclic) bond motifs is 1. The monoisotopic (exact) mass is 310 g/mol. The molecule has 23 heavy (non-hydrogen) atoms. The van der Waals surface area contributed by atoms with Gasteiger partial charge in [-0.05, 0) is 49.6 Å². The number of hydrogen-bond donors (Lipinski definition) is 0. The molecule has 0 bridgehead atoms. The predicted molar refractivity (Wildman–Crippen MR) is 90.9 cm³/mol. The molecule has 3 aromatic rings. The highest BCUT2D eigenvalue weighted by Crippen LogP contribution is 2.20. The van der Waals surface area contributed by atoms with Crippen molar-refractivity contribution in [3.8, 4) is 5.69 Å². The first kappa shape index (κ1) is 15.4. The summed E-state index contributed by atoms with van der Waals surface area (Å²) >= 11 is 0. The Labute approximate surface area is 134 Å². The Kier molecular flexibility index (Phi) is 3.76. The lowest BCUT2D eigenvalue weighted by atomic mass is 10.1. The van der Waals surface area contributed by atoms with Gasteiger partial charge < -0.3 is 0 Å². The molecule has 0 aliphatic rings. The third kappa shape index (κ3) is 2.44. The molecule has 1 aromatic heterocycles. The minimum absolute atomic E-state index is 0.149. The van der Waals surface area contributed by atoms with Gasteiger partial charge in [0.15, 0.2) is 0 Å². The molecule has 2 aromatic carbocycles. The molecule has 4 heteroatoms. The van der Waals surface area contributed by atoms with E-state index in [1.807, 2.05) is 39.0 Å². The van der Waals surface area contributed by atoms with Gasteiger partial charge in [0.2, 0.25) is 0 Å². The van der Waals surface area contributed by atoms with E-state index in [0.717, 1.165) is 16.8 Å². The minimum atomic E-state index is -0.337. The number of hydrogen-bond acceptors (Lipinski definition) is 2. The number of benzene rings is 2. The van der Waals surface area contributed by atoms with Crippen molar-refractivity contribution >= 4 is 10.9 Å². The Balaban J connectivity index is 2.45. The van der Waals surface area contributed by atoms with Crippen LogP contribution in [-0.4, -0.2) is 9.55 Å². The molecule has 0 unspecified atom stereocenters. The van der Waals surface area contributed by atoms with Gasteiger partial charge in [0.25, 0.3) is 5.56 Å². The van der Waals surface area contributed by atoms with E-state index < -0.39 is 0 Å². The highest BCUT2D eigenvalue weighted by atomic mass is 19.1. The van der Waals surface area contributed by atoms with E-state index in [-0.39, 0.29) is 11.4 Å². The fourth-order valence-electron chi connectivity index (χ4n) is 2.82. The molecule has 0 fully saturated rings. The van der Waals surface area contributed by atoms with Crippen molar-refractivity contribution in [2.24, 2.45) is 0 Å². The van der Waals surface area contributed by atoms with Crippen LogP contribution >= 0.6 is 0 Å². The molecule has 0 atom stereocenters. The molecule has 118 valence electrons. The van der Waals surface area contributed by atoms with Gasteiger partial charge in [-0.2, -0.15) is 0 Å². The Morgan fingerprint density at radius 3 is 2.57 bits per heavy atom. The van der Waals surface area contributed by atoms with Crippen molar-refractivity contribution in [2.75, 3.05) is 0 Å². The summed E-state index contributed by atoms with van der Waals surface area (Å²) in [6, 6.07) is 8.81. The molecule has 0 saturated carbocycles. The predicted octanol–water partition coefficient (Wildman–Crippen LogP) is 4.01. The zero-order valence-corrected chi connectivity index (χ0v) is 13.8. The van der Waals surface area contributed by atoms with E-state index in [1.54, 1.807) is 17.6 Å². The van der Waals surface area contributed by atoms with Crippen LogP contribution in [0.2, 0.25) is 0 Å². The molecule has 0 saturated heterocycles. The van der Waals surface area contributed by atoms with E-state index in [4.69, 9.17) is 0 Å². The molecule has 3 nitrogen and oxygen atoms in total. The van der Waals surface area contributed by atoms with Crippen LogP contribution in [0.15, 0.2) is 35.1 Å². The number of aryl methyl sites for hydroxylation is 3. The summed E-state index contributed by atoms with van der Waals surface area (Å²) in [5.74, 6) is 0.301. The molecule has 1 heterocycles. The summed E-state index contributed by atoms with van der Waals surface area (Å²) in [5.41, 5.74) is 3.72. The molecule has 0 N–H and O–H groups in total. The van der Waals surface area contributed by atoms with Crippen molar-refractivity contribution < 1.29 is 4.39 Å². The molecule has 0 radical (unpaired) electrons. The fourth-order valence-corrected chi connectivity index (χ4v) is 2.82. The second-order valence-corrected chi connectivity index (χ2v) is 5.86. The maximum atomic E-state index is 13.8. The van der Waals surface area contributed by atoms with Crippen LogP contribution < -0.4 is 5.56 Å². The van der Waals surface area contributed by atoms with E-state index in [0.29, 0.717) is 28.7 Å². The number of rotatable bonds is 2. The van der Waals surface area contributed by atoms with Gasteiger partial charge in [0.05, 0.1) is 16.6 Å². The molecule has 3 rings (SSSR count). The molecule has 0 amide bonds. The second-order valence-electron chi connectivity index (χ2n) is 5.86. The first-order valence-electron chi connectivity index (χ1n) is 7.72. The van der Waals surface area contributed by atoms with Gasteiger partial charge in [-0.1, -0.05) is 19.1 Å². The summed E-state index contributed by atoms with van der Waals surface area (Å²) in [6.07, 6.45) is 0.591. The van der Waals surface area contributed by atoms with E-state index >= 15 is 0 Å². The standard InChI is InChI=1S/C19H19FN2O/c1-5-18-21-16-10-15(20)12(3)9-14(16)19(23)22(18)17-8-6-7-11(2)13(17)4/h6-10H,5H2,1-4H3. The van der Waals surface area contributed by atoms with E-state index in [2.05, 4.69) is 4.98 Å². The molecular formula is C19H19FN2O. The van der Waals surface area contributed by atoms with Gasteiger partial charge in [0, 0.05) is 12.5 Å². The zero-order chi connectivity index (χ0) is 16.7. The van der Waals surface area contributed by atoms with Crippen LogP contribution in [0.25, 0.3) is 16.6 Å². The van der Waals surface area contributed by atoms with Crippen LogP contribution in [0.3, 0.4) is 0 Å². The van der Waals surface area contributed by atoms with Crippen LogP contribution in [0.1, 0.15) is 29.4 Å². The Hall–Kier alpha value is -2.49. The summed E-state index contributed by atoms with van der Waals surface area (Å²) in [6.45, 7) is 7.62. The number of nitrogens with zero attached hydrogens (tertiary/aromatic N) is 2. The lowest BCUT2D eigenvalue weighted by molar-refractivity contribution is 0.620. The first-order chi connectivity index (χ1) is 10.9. The third-order valence-corrected chi connectivity index (χ3v) is 4.35. The van der Waals surface area contributed by atoms with Gasteiger partial charge in [-0.3, -0.25) is 9.36 Å². The SMILES string of the molecule is CCc1nc2cc(F)c(C)cc2c(=O)n1-c1cccc(C)c1C. The smallest absolute Gasteiger partial charge is 0.265 e. The van der Waals surface area contributed by atoms with Crippen LogP contribution in [-0.2, 0) is 6.42 Å². The van der Waals surface area contributed by atoms with Crippen LogP contribution in [0, 0.1) is 26.6 Å². The largest absolute Gasteiger partial charge is 0.268 e. The van der Waals surface area contributed by atoms with Crippen molar-refractivity contribution in [1.29, 1.82) is 0 Å². The average molecular weight is 310 g/mol. The van der Waals surface area contributed by atoms with Crippen LogP contribution in [0.4, 0.5) is 4.39 Å². The Morgan fingerprint density at radius 1 is 1.13 bits per heavy atom. The number of aromatic nitrogens is 2. The highest BCUT2D eigenvalue weighted by molar-refractivity contribution is 5.79. The summed E-state index contributed by atoms with van der Waals surface area (Å²) in [7, 11) is 0. The van der Waals surface area contributed by atoms with E-state index in [9.17, 15) is 9.18 Å². The van der Waals surface area contributed by atoms with Gasteiger partial charge in [0.1, 0.15) is 11.6 Å². The summed E-state index contributed by atoms with van der Waals surface area (Å²) in [5, 5.41) is 0.446. The number of halogens is 1. The lowest BCUT2D eigenvalue weighted by Gasteiger charge is -2.16. The maximum absolute atomic E-state index is 13.8. The van der Waals surface area contributed by atoms with Gasteiger partial charge >= 0.3 is 0 Å². The summed E-state index contributed by atoms with van der Waals surface area (Å²) < 4.78 is 15.5. The molecule has 0 aliphatic carbocycles. The quantitative estimate of drug-likeness (QED) is 0.717. The minimum Gasteiger partial charge on any atom is -0.268 e. The lowest BCUT2D eigenvalue weighted by Crippen LogP contribution is -2.24. The molecular weight excluding hydrogens is 291 g/mol. The van der Waals surface area contributed by atoms with Gasteiger partial charge in [-0.25, -0.2) is 9.37 Å². The molecule has 0 aliphatic heterocycles. The topological polar surface area (TPSA) is 34.9 Å². The normalized spacial score (nSPS) is 11.2. The maximum Gasteiger partial charge on any atom is 0.265 e. The van der Waals surface area contributed by atoms with Gasteiger partial charge in [-0.15, -0.1) is 0 Å². The Bertz CT molecular complexity index is 973. The third-order valence-electron chi connectivity index (χ3n) is 4.35. The molecule has 0 spiro atoms. The Morgan fingerprint density at radius 2 is 1.87 bits per heavy atom.